The van der Waals surface area contributed by atoms with E-state index >= 15 is 0 Å². The number of carboxylic acids is 1. The molecule has 0 saturated heterocycles. The van der Waals surface area contributed by atoms with Gasteiger partial charge in [-0.2, -0.15) is 0 Å². The number of hydrogen-bond donors (Lipinski definition) is 2. The van der Waals surface area contributed by atoms with Crippen LogP contribution in [-0.4, -0.2) is 17.0 Å². The van der Waals surface area contributed by atoms with Gasteiger partial charge in [0.25, 0.3) is 5.91 Å². The van der Waals surface area contributed by atoms with Crippen LogP contribution in [0.15, 0.2) is 39.5 Å². The molecule has 0 aliphatic rings. The SMILES string of the molecule is O=C(O)Cc1ccccc1CNC(=O)c1csc(Br)c1. The minimum absolute atomic E-state index is 0.0456. The van der Waals surface area contributed by atoms with E-state index in [1.54, 1.807) is 23.6 Å². The van der Waals surface area contributed by atoms with Crippen LogP contribution < -0.4 is 5.32 Å². The lowest BCUT2D eigenvalue weighted by Gasteiger charge is -2.08. The van der Waals surface area contributed by atoms with E-state index in [0.717, 1.165) is 9.35 Å². The summed E-state index contributed by atoms with van der Waals surface area (Å²) in [7, 11) is 0. The van der Waals surface area contributed by atoms with Crippen molar-refractivity contribution in [2.24, 2.45) is 0 Å². The van der Waals surface area contributed by atoms with Crippen LogP contribution in [0.5, 0.6) is 0 Å². The van der Waals surface area contributed by atoms with E-state index in [1.165, 1.54) is 11.3 Å². The van der Waals surface area contributed by atoms with Gasteiger partial charge in [-0.15, -0.1) is 11.3 Å². The number of nitrogens with one attached hydrogen (secondary N) is 1. The molecule has 104 valence electrons. The van der Waals surface area contributed by atoms with Crippen molar-refractivity contribution in [1.29, 1.82) is 0 Å². The van der Waals surface area contributed by atoms with Crippen molar-refractivity contribution < 1.29 is 14.7 Å². The number of aliphatic carboxylic acids is 1. The third kappa shape index (κ3) is 3.91. The molecule has 1 amide bonds. The van der Waals surface area contributed by atoms with Crippen molar-refractivity contribution in [3.8, 4) is 0 Å². The number of carbonyl (C=O) groups is 2. The molecule has 0 spiro atoms. The Labute approximate surface area is 128 Å². The number of amides is 1. The Morgan fingerprint density at radius 3 is 2.55 bits per heavy atom. The molecule has 1 heterocycles. The summed E-state index contributed by atoms with van der Waals surface area (Å²) in [5.41, 5.74) is 2.13. The fraction of sp³-hybridized carbons (Fsp3) is 0.143. The van der Waals surface area contributed by atoms with Crippen molar-refractivity contribution in [2.45, 2.75) is 13.0 Å². The topological polar surface area (TPSA) is 66.4 Å². The summed E-state index contributed by atoms with van der Waals surface area (Å²) in [6.45, 7) is 0.315. The Morgan fingerprint density at radius 1 is 1.25 bits per heavy atom. The molecule has 0 aliphatic carbocycles. The average molecular weight is 354 g/mol. The van der Waals surface area contributed by atoms with Gasteiger partial charge in [-0.1, -0.05) is 24.3 Å². The first-order chi connectivity index (χ1) is 9.56. The molecule has 0 aliphatic heterocycles. The van der Waals surface area contributed by atoms with Gasteiger partial charge in [0.05, 0.1) is 15.8 Å². The standard InChI is InChI=1S/C14H12BrNO3S/c15-12-5-11(8-20-12)14(19)16-7-10-4-2-1-3-9(10)6-13(17)18/h1-5,8H,6-7H2,(H,16,19)(H,17,18). The number of hydrogen-bond acceptors (Lipinski definition) is 3. The molecule has 0 radical (unpaired) electrons. The number of halogens is 1. The van der Waals surface area contributed by atoms with E-state index in [9.17, 15) is 9.59 Å². The summed E-state index contributed by atoms with van der Waals surface area (Å²) in [5, 5.41) is 13.4. The zero-order valence-electron chi connectivity index (χ0n) is 10.4. The fourth-order valence-electron chi connectivity index (χ4n) is 1.77. The van der Waals surface area contributed by atoms with E-state index in [2.05, 4.69) is 21.2 Å². The largest absolute Gasteiger partial charge is 0.481 e. The monoisotopic (exact) mass is 353 g/mol. The van der Waals surface area contributed by atoms with Gasteiger partial charge >= 0.3 is 5.97 Å². The molecule has 1 aromatic carbocycles. The van der Waals surface area contributed by atoms with Crippen LogP contribution in [0, 0.1) is 0 Å². The van der Waals surface area contributed by atoms with E-state index in [-0.39, 0.29) is 12.3 Å². The van der Waals surface area contributed by atoms with Crippen LogP contribution in [0.1, 0.15) is 21.5 Å². The van der Waals surface area contributed by atoms with Gasteiger partial charge < -0.3 is 10.4 Å². The first-order valence-electron chi connectivity index (χ1n) is 5.87. The third-order valence-corrected chi connectivity index (χ3v) is 4.23. The summed E-state index contributed by atoms with van der Waals surface area (Å²) in [5.74, 6) is -1.05. The highest BCUT2D eigenvalue weighted by Crippen LogP contribution is 2.20. The zero-order valence-corrected chi connectivity index (χ0v) is 12.8. The lowest BCUT2D eigenvalue weighted by atomic mass is 10.0. The molecule has 6 heteroatoms. The molecule has 2 rings (SSSR count). The molecular formula is C14H12BrNO3S. The summed E-state index contributed by atoms with van der Waals surface area (Å²) in [4.78, 5) is 22.7. The van der Waals surface area contributed by atoms with Crippen LogP contribution in [0.3, 0.4) is 0 Å². The number of carbonyl (C=O) groups excluding carboxylic acids is 1. The maximum Gasteiger partial charge on any atom is 0.307 e. The number of thiophene rings is 1. The van der Waals surface area contributed by atoms with Crippen LogP contribution in [0.2, 0.25) is 0 Å². The Hall–Kier alpha value is -1.66. The predicted molar refractivity (Wildman–Crippen MR) is 81.0 cm³/mol. The van der Waals surface area contributed by atoms with Crippen molar-refractivity contribution in [2.75, 3.05) is 0 Å². The second-order valence-corrected chi connectivity index (χ2v) is 6.45. The average Bonchev–Trinajstić information content (AvgIpc) is 2.83. The van der Waals surface area contributed by atoms with Gasteiger partial charge in [-0.05, 0) is 33.1 Å². The van der Waals surface area contributed by atoms with Crippen LogP contribution in [-0.2, 0) is 17.8 Å². The molecule has 0 atom stereocenters. The molecule has 2 N–H and O–H groups in total. The quantitative estimate of drug-likeness (QED) is 0.867. The zero-order chi connectivity index (χ0) is 14.5. The van der Waals surface area contributed by atoms with E-state index in [4.69, 9.17) is 5.11 Å². The molecular weight excluding hydrogens is 342 g/mol. The second-order valence-electron chi connectivity index (χ2n) is 4.16. The van der Waals surface area contributed by atoms with Crippen molar-refractivity contribution >= 4 is 39.1 Å². The predicted octanol–water partition coefficient (Wildman–Crippen LogP) is 3.07. The normalized spacial score (nSPS) is 10.2. The van der Waals surface area contributed by atoms with Gasteiger partial charge in [0.15, 0.2) is 0 Å². The Kier molecular flexibility index (Phi) is 4.92. The summed E-state index contributed by atoms with van der Waals surface area (Å²) < 4.78 is 0.897. The number of rotatable bonds is 5. The molecule has 20 heavy (non-hydrogen) atoms. The summed E-state index contributed by atoms with van der Waals surface area (Å²) in [6.07, 6.45) is -0.0456. The van der Waals surface area contributed by atoms with E-state index in [0.29, 0.717) is 17.7 Å². The summed E-state index contributed by atoms with van der Waals surface area (Å²) >= 11 is 4.75. The number of benzene rings is 1. The van der Waals surface area contributed by atoms with Crippen molar-refractivity contribution in [3.05, 3.63) is 56.2 Å². The maximum atomic E-state index is 11.9. The van der Waals surface area contributed by atoms with Gasteiger partial charge in [-0.25, -0.2) is 0 Å². The Balaban J connectivity index is 2.03. The van der Waals surface area contributed by atoms with Gasteiger partial charge in [0, 0.05) is 11.9 Å². The Bertz CT molecular complexity index is 639. The molecule has 2 aromatic rings. The van der Waals surface area contributed by atoms with E-state index in [1.807, 2.05) is 12.1 Å². The number of carboxylic acid groups (broad SMARTS) is 1. The van der Waals surface area contributed by atoms with Crippen molar-refractivity contribution in [3.63, 3.8) is 0 Å². The maximum absolute atomic E-state index is 11.9. The highest BCUT2D eigenvalue weighted by molar-refractivity contribution is 9.11. The molecule has 0 unspecified atom stereocenters. The minimum Gasteiger partial charge on any atom is -0.481 e. The molecule has 0 saturated carbocycles. The molecule has 0 bridgehead atoms. The lowest BCUT2D eigenvalue weighted by Crippen LogP contribution is -2.23. The molecule has 4 nitrogen and oxygen atoms in total. The van der Waals surface area contributed by atoms with Gasteiger partial charge in [0.1, 0.15) is 0 Å². The first-order valence-corrected chi connectivity index (χ1v) is 7.54. The fourth-order valence-corrected chi connectivity index (χ4v) is 2.91. The van der Waals surface area contributed by atoms with Gasteiger partial charge in [0.2, 0.25) is 0 Å². The van der Waals surface area contributed by atoms with Crippen LogP contribution in [0.25, 0.3) is 0 Å². The van der Waals surface area contributed by atoms with E-state index < -0.39 is 5.97 Å². The smallest absolute Gasteiger partial charge is 0.307 e. The lowest BCUT2D eigenvalue weighted by molar-refractivity contribution is -0.136. The van der Waals surface area contributed by atoms with Crippen molar-refractivity contribution in [1.82, 2.24) is 5.32 Å². The highest BCUT2D eigenvalue weighted by Gasteiger charge is 2.10. The second kappa shape index (κ2) is 6.67. The highest BCUT2D eigenvalue weighted by atomic mass is 79.9. The van der Waals surface area contributed by atoms with Crippen LogP contribution in [0.4, 0.5) is 0 Å². The minimum atomic E-state index is -0.884. The van der Waals surface area contributed by atoms with Gasteiger partial charge in [-0.3, -0.25) is 9.59 Å². The molecule has 1 aromatic heterocycles. The third-order valence-electron chi connectivity index (χ3n) is 2.73. The Morgan fingerprint density at radius 2 is 1.95 bits per heavy atom. The molecule has 0 fully saturated rings. The first kappa shape index (κ1) is 14.7. The van der Waals surface area contributed by atoms with Crippen LogP contribution >= 0.6 is 27.3 Å². The summed E-state index contributed by atoms with van der Waals surface area (Å²) in [6, 6.07) is 8.95.